The van der Waals surface area contributed by atoms with Crippen LogP contribution in [0.25, 0.3) is 0 Å². The Labute approximate surface area is 151 Å². The van der Waals surface area contributed by atoms with E-state index in [9.17, 15) is 8.78 Å². The van der Waals surface area contributed by atoms with Crippen molar-refractivity contribution in [3.63, 3.8) is 0 Å². The summed E-state index contributed by atoms with van der Waals surface area (Å²) in [5.41, 5.74) is 15.0. The van der Waals surface area contributed by atoms with E-state index in [0.717, 1.165) is 18.1 Å². The third kappa shape index (κ3) is 3.96. The number of ether oxygens (including phenoxy) is 1. The molecule has 0 bridgehead atoms. The number of fused-ring (bicyclic) bond motifs is 1. The van der Waals surface area contributed by atoms with Crippen LogP contribution in [0.1, 0.15) is 23.6 Å². The molecular weight excluding hydrogens is 340 g/mol. The number of nitrogens with two attached hydrogens (primary N) is 2. The Morgan fingerprint density at radius 2 is 1.96 bits per heavy atom. The van der Waals surface area contributed by atoms with Crippen molar-refractivity contribution in [3.8, 4) is 5.75 Å². The molecule has 142 valence electrons. The normalized spacial score (nSPS) is 23.7. The summed E-state index contributed by atoms with van der Waals surface area (Å²) in [7, 11) is 1.57. The quantitative estimate of drug-likeness (QED) is 0.748. The van der Waals surface area contributed by atoms with Gasteiger partial charge in [-0.15, -0.1) is 0 Å². The van der Waals surface area contributed by atoms with Crippen LogP contribution in [0.4, 0.5) is 8.78 Å². The van der Waals surface area contributed by atoms with E-state index in [0.29, 0.717) is 43.1 Å². The molecule has 0 amide bonds. The van der Waals surface area contributed by atoms with Gasteiger partial charge in [0.05, 0.1) is 19.2 Å². The minimum atomic E-state index is -2.70. The van der Waals surface area contributed by atoms with Crippen LogP contribution in [-0.2, 0) is 18.6 Å². The number of rotatable bonds is 4. The summed E-state index contributed by atoms with van der Waals surface area (Å²) >= 11 is 0. The molecule has 6 nitrogen and oxygen atoms in total. The first-order valence-corrected chi connectivity index (χ1v) is 8.59. The van der Waals surface area contributed by atoms with Crippen molar-refractivity contribution in [3.05, 3.63) is 41.1 Å². The van der Waals surface area contributed by atoms with Crippen LogP contribution in [0.3, 0.4) is 0 Å². The molecule has 2 aliphatic rings. The largest absolute Gasteiger partial charge is 0.496 e. The van der Waals surface area contributed by atoms with Gasteiger partial charge in [0.25, 0.3) is 5.92 Å². The number of hydrogen-bond donors (Lipinski definition) is 3. The van der Waals surface area contributed by atoms with Crippen LogP contribution in [0, 0.1) is 0 Å². The standard InChI is InChI=1S/C18H25F2N5O/c1-17(19,20)11-25-7-4-12-9-14(15(26-2)10-13(12)5-8-25)18(22)23-6-3-16(21)24-18/h3,6,9-10,23H,4-5,7-8,11,22H2,1-2H3,(H2,21,24). The Bertz CT molecular complexity index is 744. The van der Waals surface area contributed by atoms with Crippen LogP contribution in [0.2, 0.25) is 0 Å². The van der Waals surface area contributed by atoms with Gasteiger partial charge in [0, 0.05) is 26.2 Å². The second-order valence-corrected chi connectivity index (χ2v) is 6.95. The van der Waals surface area contributed by atoms with Crippen LogP contribution >= 0.6 is 0 Å². The average Bonchev–Trinajstić information content (AvgIpc) is 2.74. The van der Waals surface area contributed by atoms with Crippen LogP contribution in [0.15, 0.2) is 29.4 Å². The van der Waals surface area contributed by atoms with Crippen molar-refractivity contribution in [1.82, 2.24) is 10.2 Å². The number of aliphatic imine (C=N–C) groups is 1. The molecule has 2 aliphatic heterocycles. The second-order valence-electron chi connectivity index (χ2n) is 6.95. The Morgan fingerprint density at radius 3 is 2.54 bits per heavy atom. The van der Waals surface area contributed by atoms with Gasteiger partial charge in [0.1, 0.15) is 11.6 Å². The molecular formula is C18H25F2N5O. The van der Waals surface area contributed by atoms with E-state index in [4.69, 9.17) is 16.2 Å². The van der Waals surface area contributed by atoms with Crippen molar-refractivity contribution in [1.29, 1.82) is 0 Å². The van der Waals surface area contributed by atoms with Crippen molar-refractivity contribution in [2.45, 2.75) is 31.5 Å². The first kappa shape index (κ1) is 18.6. The van der Waals surface area contributed by atoms with E-state index < -0.39 is 11.7 Å². The van der Waals surface area contributed by atoms with E-state index in [1.807, 2.05) is 12.1 Å². The molecule has 0 saturated carbocycles. The van der Waals surface area contributed by atoms with Crippen LogP contribution in [-0.4, -0.2) is 43.4 Å². The van der Waals surface area contributed by atoms with Crippen molar-refractivity contribution >= 4 is 5.84 Å². The van der Waals surface area contributed by atoms with Gasteiger partial charge in [-0.3, -0.25) is 10.6 Å². The summed E-state index contributed by atoms with van der Waals surface area (Å²) in [4.78, 5) is 6.11. The van der Waals surface area contributed by atoms with Crippen LogP contribution < -0.4 is 21.5 Å². The molecule has 5 N–H and O–H groups in total. The maximum Gasteiger partial charge on any atom is 0.257 e. The highest BCUT2D eigenvalue weighted by atomic mass is 19.3. The molecule has 0 saturated heterocycles. The molecule has 2 heterocycles. The number of methoxy groups -OCH3 is 1. The number of halogens is 2. The van der Waals surface area contributed by atoms with E-state index in [1.165, 1.54) is 0 Å². The Morgan fingerprint density at radius 1 is 1.31 bits per heavy atom. The Hall–Kier alpha value is -2.19. The minimum absolute atomic E-state index is 0.237. The molecule has 1 atom stereocenters. The van der Waals surface area contributed by atoms with E-state index in [1.54, 1.807) is 24.3 Å². The molecule has 0 radical (unpaired) electrons. The number of alkyl halides is 2. The monoisotopic (exact) mass is 365 g/mol. The average molecular weight is 365 g/mol. The predicted molar refractivity (Wildman–Crippen MR) is 97.2 cm³/mol. The predicted octanol–water partition coefficient (Wildman–Crippen LogP) is 1.29. The molecule has 1 unspecified atom stereocenters. The summed E-state index contributed by atoms with van der Waals surface area (Å²) in [6.07, 6.45) is 4.62. The first-order chi connectivity index (χ1) is 12.2. The molecule has 0 spiro atoms. The minimum Gasteiger partial charge on any atom is -0.496 e. The maximum absolute atomic E-state index is 13.4. The van der Waals surface area contributed by atoms with Gasteiger partial charge >= 0.3 is 0 Å². The van der Waals surface area contributed by atoms with Gasteiger partial charge in [-0.2, -0.15) is 0 Å². The zero-order valence-electron chi connectivity index (χ0n) is 15.1. The molecule has 1 aromatic rings. The van der Waals surface area contributed by atoms with Gasteiger partial charge in [-0.1, -0.05) is 0 Å². The Balaban J connectivity index is 1.91. The van der Waals surface area contributed by atoms with Crippen molar-refractivity contribution < 1.29 is 13.5 Å². The molecule has 26 heavy (non-hydrogen) atoms. The zero-order chi connectivity index (χ0) is 18.9. The summed E-state index contributed by atoms with van der Waals surface area (Å²) in [5, 5.41) is 3.02. The molecule has 1 aromatic carbocycles. The Kier molecular flexibility index (Phi) is 4.90. The topological polar surface area (TPSA) is 88.9 Å². The van der Waals surface area contributed by atoms with Crippen LogP contribution in [0.5, 0.6) is 5.75 Å². The fourth-order valence-electron chi connectivity index (χ4n) is 3.48. The van der Waals surface area contributed by atoms with Crippen molar-refractivity contribution in [2.24, 2.45) is 16.5 Å². The summed E-state index contributed by atoms with van der Waals surface area (Å²) in [6, 6.07) is 3.88. The number of benzene rings is 1. The van der Waals surface area contributed by atoms with Gasteiger partial charge in [0.15, 0.2) is 0 Å². The van der Waals surface area contributed by atoms with E-state index in [-0.39, 0.29) is 6.54 Å². The zero-order valence-corrected chi connectivity index (χ0v) is 15.1. The molecule has 0 aliphatic carbocycles. The third-order valence-corrected chi connectivity index (χ3v) is 4.69. The fourth-order valence-corrected chi connectivity index (χ4v) is 3.48. The second kappa shape index (κ2) is 6.85. The fraction of sp³-hybridized carbons (Fsp3) is 0.500. The maximum atomic E-state index is 13.4. The number of amidine groups is 1. The molecule has 3 rings (SSSR count). The summed E-state index contributed by atoms with van der Waals surface area (Å²) in [6.45, 7) is 1.87. The van der Waals surface area contributed by atoms with E-state index in [2.05, 4.69) is 10.3 Å². The number of nitrogens with zero attached hydrogens (tertiary/aromatic N) is 2. The smallest absolute Gasteiger partial charge is 0.257 e. The van der Waals surface area contributed by atoms with E-state index >= 15 is 0 Å². The number of hydrogen-bond acceptors (Lipinski definition) is 6. The highest BCUT2D eigenvalue weighted by Crippen LogP contribution is 2.33. The lowest BCUT2D eigenvalue weighted by Crippen LogP contribution is -2.49. The van der Waals surface area contributed by atoms with Gasteiger partial charge in [0.2, 0.25) is 5.79 Å². The molecule has 0 fully saturated rings. The van der Waals surface area contributed by atoms with Gasteiger partial charge in [-0.25, -0.2) is 13.8 Å². The summed E-state index contributed by atoms with van der Waals surface area (Å²) in [5.74, 6) is -3.01. The molecule has 8 heteroatoms. The number of nitrogens with one attached hydrogen (secondary N) is 1. The lowest BCUT2D eigenvalue weighted by Gasteiger charge is -2.30. The van der Waals surface area contributed by atoms with Crippen molar-refractivity contribution in [2.75, 3.05) is 26.7 Å². The lowest BCUT2D eigenvalue weighted by molar-refractivity contribution is -0.0133. The van der Waals surface area contributed by atoms with Gasteiger partial charge < -0.3 is 15.8 Å². The SMILES string of the molecule is COc1cc2c(cc1C1(N)N=C(N)C=CN1)CCN(CC(C)(F)F)CC2. The summed E-state index contributed by atoms with van der Waals surface area (Å²) < 4.78 is 32.2. The first-order valence-electron chi connectivity index (χ1n) is 8.59. The lowest BCUT2D eigenvalue weighted by atomic mass is 9.95. The highest BCUT2D eigenvalue weighted by molar-refractivity contribution is 5.92. The third-order valence-electron chi connectivity index (χ3n) is 4.69. The molecule has 0 aromatic heterocycles. The highest BCUT2D eigenvalue weighted by Gasteiger charge is 2.33. The van der Waals surface area contributed by atoms with Gasteiger partial charge in [-0.05, 0) is 42.2 Å².